The van der Waals surface area contributed by atoms with Crippen molar-refractivity contribution in [2.75, 3.05) is 13.2 Å². The average Bonchev–Trinajstić information content (AvgIpc) is 3.58. The summed E-state index contributed by atoms with van der Waals surface area (Å²) in [6, 6.07) is 29.4. The van der Waals surface area contributed by atoms with E-state index in [0.717, 1.165) is 28.1 Å². The van der Waals surface area contributed by atoms with Gasteiger partial charge in [0.15, 0.2) is 0 Å². The van der Waals surface area contributed by atoms with E-state index in [4.69, 9.17) is 19.0 Å². The summed E-state index contributed by atoms with van der Waals surface area (Å²) in [5.74, 6) is 1.23. The first kappa shape index (κ1) is 27.3. The first-order valence-corrected chi connectivity index (χ1v) is 13.1. The van der Waals surface area contributed by atoms with Gasteiger partial charge in [-0.1, -0.05) is 66.7 Å². The van der Waals surface area contributed by atoms with Gasteiger partial charge in [0.1, 0.15) is 23.0 Å². The van der Waals surface area contributed by atoms with E-state index < -0.39 is 6.10 Å². The quantitative estimate of drug-likeness (QED) is 0.192. The highest BCUT2D eigenvalue weighted by molar-refractivity contribution is 5.65. The molecule has 206 valence electrons. The predicted octanol–water partition coefficient (Wildman–Crippen LogP) is 6.19. The third kappa shape index (κ3) is 7.24. The van der Waals surface area contributed by atoms with Crippen LogP contribution >= 0.6 is 0 Å². The van der Waals surface area contributed by atoms with Gasteiger partial charge in [-0.15, -0.1) is 0 Å². The van der Waals surface area contributed by atoms with E-state index in [9.17, 15) is 9.50 Å². The fraction of sp³-hybridized carbons (Fsp3) is 0.219. The molecule has 0 radical (unpaired) electrons. The highest BCUT2D eigenvalue weighted by Gasteiger charge is 2.24. The van der Waals surface area contributed by atoms with Crippen LogP contribution in [0, 0.1) is 5.82 Å². The highest BCUT2D eigenvalue weighted by atomic mass is 19.1. The summed E-state index contributed by atoms with van der Waals surface area (Å²) in [4.78, 5) is 2.07. The molecular weight excluding hydrogens is 509 g/mol. The second-order valence-electron chi connectivity index (χ2n) is 9.58. The summed E-state index contributed by atoms with van der Waals surface area (Å²) in [7, 11) is 1.80. The molecule has 5 rings (SSSR count). The number of aliphatic hydroxyl groups is 1. The van der Waals surface area contributed by atoms with Crippen LogP contribution in [0.3, 0.4) is 0 Å². The minimum absolute atomic E-state index is 0.175. The molecule has 0 spiro atoms. The maximum atomic E-state index is 14.0. The minimum atomic E-state index is -0.747. The second-order valence-corrected chi connectivity index (χ2v) is 9.58. The maximum Gasteiger partial charge on any atom is 0.222 e. The van der Waals surface area contributed by atoms with Gasteiger partial charge in [0.05, 0.1) is 37.7 Å². The Balaban J connectivity index is 1.40. The van der Waals surface area contributed by atoms with Gasteiger partial charge in [0.2, 0.25) is 5.88 Å². The van der Waals surface area contributed by atoms with Gasteiger partial charge >= 0.3 is 0 Å². The fourth-order valence-electron chi connectivity index (χ4n) is 4.56. The molecule has 8 heteroatoms. The summed E-state index contributed by atoms with van der Waals surface area (Å²) in [6.45, 7) is 1.75. The zero-order chi connectivity index (χ0) is 27.7. The molecule has 0 aliphatic heterocycles. The van der Waals surface area contributed by atoms with Crippen LogP contribution in [0.1, 0.15) is 16.9 Å². The molecule has 0 saturated carbocycles. The number of rotatable bonds is 13. The van der Waals surface area contributed by atoms with Crippen LogP contribution in [0.4, 0.5) is 4.39 Å². The first-order valence-electron chi connectivity index (χ1n) is 13.1. The number of ether oxygens (including phenoxy) is 2. The monoisotopic (exact) mass is 541 g/mol. The number of halogens is 1. The van der Waals surface area contributed by atoms with Crippen molar-refractivity contribution >= 4 is 0 Å². The summed E-state index contributed by atoms with van der Waals surface area (Å²) in [5, 5.41) is 15.7. The lowest BCUT2D eigenvalue weighted by Gasteiger charge is -2.25. The van der Waals surface area contributed by atoms with E-state index in [-0.39, 0.29) is 12.4 Å². The molecule has 2 aromatic heterocycles. The van der Waals surface area contributed by atoms with Crippen molar-refractivity contribution in [1.29, 1.82) is 0 Å². The van der Waals surface area contributed by atoms with Crippen molar-refractivity contribution in [3.63, 3.8) is 0 Å². The zero-order valence-corrected chi connectivity index (χ0v) is 22.3. The van der Waals surface area contributed by atoms with Crippen LogP contribution < -0.4 is 4.74 Å². The normalized spacial score (nSPS) is 12.1. The van der Waals surface area contributed by atoms with E-state index in [1.165, 1.54) is 12.1 Å². The van der Waals surface area contributed by atoms with Gasteiger partial charge in [-0.3, -0.25) is 4.90 Å². The average molecular weight is 542 g/mol. The van der Waals surface area contributed by atoms with Crippen LogP contribution in [0.2, 0.25) is 0 Å². The lowest BCUT2D eigenvalue weighted by molar-refractivity contribution is 0.00606. The Kier molecular flexibility index (Phi) is 9.03. The van der Waals surface area contributed by atoms with Crippen molar-refractivity contribution in [3.05, 3.63) is 126 Å². The molecule has 0 amide bonds. The molecule has 1 atom stereocenters. The van der Waals surface area contributed by atoms with Gasteiger partial charge in [0.25, 0.3) is 0 Å². The first-order chi connectivity index (χ1) is 19.5. The molecule has 3 aromatic carbocycles. The summed E-state index contributed by atoms with van der Waals surface area (Å²) in [5.41, 5.74) is 3.52. The molecule has 0 fully saturated rings. The lowest BCUT2D eigenvalue weighted by atomic mass is 10.1. The number of hydrogen-bond donors (Lipinski definition) is 1. The Morgan fingerprint density at radius 3 is 2.45 bits per heavy atom. The molecule has 0 aliphatic carbocycles. The molecule has 0 saturated heterocycles. The maximum absolute atomic E-state index is 14.0. The molecule has 7 nitrogen and oxygen atoms in total. The minimum Gasteiger partial charge on any atom is -0.468 e. The number of benzene rings is 3. The van der Waals surface area contributed by atoms with E-state index in [2.05, 4.69) is 4.90 Å². The third-order valence-electron chi connectivity index (χ3n) is 6.38. The number of nitrogens with zero attached hydrogens (tertiary/aromatic N) is 3. The molecule has 5 aromatic rings. The van der Waals surface area contributed by atoms with Crippen LogP contribution in [0.25, 0.3) is 11.3 Å². The van der Waals surface area contributed by atoms with Crippen molar-refractivity contribution in [1.82, 2.24) is 14.7 Å². The zero-order valence-electron chi connectivity index (χ0n) is 22.3. The number of furan rings is 1. The molecule has 2 heterocycles. The lowest BCUT2D eigenvalue weighted by Crippen LogP contribution is -2.34. The van der Waals surface area contributed by atoms with E-state index >= 15 is 0 Å². The molecule has 0 bridgehead atoms. The van der Waals surface area contributed by atoms with Gasteiger partial charge in [-0.2, -0.15) is 5.10 Å². The van der Waals surface area contributed by atoms with Crippen LogP contribution in [-0.2, 0) is 31.5 Å². The summed E-state index contributed by atoms with van der Waals surface area (Å²) >= 11 is 0. The van der Waals surface area contributed by atoms with Crippen LogP contribution in [0.15, 0.2) is 108 Å². The van der Waals surface area contributed by atoms with Crippen LogP contribution in [-0.4, -0.2) is 39.0 Å². The molecule has 0 unspecified atom stereocenters. The number of aromatic nitrogens is 2. The van der Waals surface area contributed by atoms with Crippen molar-refractivity contribution in [2.24, 2.45) is 7.05 Å². The van der Waals surface area contributed by atoms with E-state index in [1.807, 2.05) is 72.8 Å². The van der Waals surface area contributed by atoms with Gasteiger partial charge in [-0.05, 0) is 29.8 Å². The summed E-state index contributed by atoms with van der Waals surface area (Å²) in [6.07, 6.45) is 0.883. The highest BCUT2D eigenvalue weighted by Crippen LogP contribution is 2.34. The van der Waals surface area contributed by atoms with E-state index in [1.54, 1.807) is 30.1 Å². The molecular formula is C32H32FN3O4. The largest absolute Gasteiger partial charge is 0.468 e. The Labute approximate surface area is 233 Å². The fourth-order valence-corrected chi connectivity index (χ4v) is 4.56. The number of aliphatic hydroxyl groups excluding tert-OH is 1. The molecule has 0 aliphatic rings. The second kappa shape index (κ2) is 13.2. The van der Waals surface area contributed by atoms with Gasteiger partial charge < -0.3 is 19.0 Å². The number of aryl methyl sites for hydroxylation is 1. The third-order valence-corrected chi connectivity index (χ3v) is 6.38. The van der Waals surface area contributed by atoms with Crippen molar-refractivity contribution < 1.29 is 23.4 Å². The molecule has 1 N–H and O–H groups in total. The molecule has 40 heavy (non-hydrogen) atoms. The summed E-state index contributed by atoms with van der Waals surface area (Å²) < 4.78 is 33.3. The van der Waals surface area contributed by atoms with Crippen molar-refractivity contribution in [3.8, 4) is 22.9 Å². The van der Waals surface area contributed by atoms with Gasteiger partial charge in [-0.25, -0.2) is 9.07 Å². The Morgan fingerprint density at radius 2 is 1.73 bits per heavy atom. The Morgan fingerprint density at radius 1 is 0.950 bits per heavy atom. The Hall–Kier alpha value is -4.24. The topological polar surface area (TPSA) is 72.9 Å². The van der Waals surface area contributed by atoms with Crippen molar-refractivity contribution in [2.45, 2.75) is 25.8 Å². The van der Waals surface area contributed by atoms with Crippen LogP contribution in [0.5, 0.6) is 11.6 Å². The predicted molar refractivity (Wildman–Crippen MR) is 150 cm³/mol. The smallest absolute Gasteiger partial charge is 0.222 e. The Bertz CT molecular complexity index is 1470. The number of hydrogen-bond acceptors (Lipinski definition) is 6. The standard InChI is InChI=1S/C32H32FN3O4/c1-35-32(40-28-15-8-14-26(33)18-28)30(31(34-35)25-12-6-3-7-13-25)21-36(20-29-16-9-17-39-29)19-27(37)23-38-22-24-10-4-2-5-11-24/h2-18,27,37H,19-23H2,1H3/t27-/m0/s1. The van der Waals surface area contributed by atoms with E-state index in [0.29, 0.717) is 37.9 Å². The SMILES string of the molecule is Cn1nc(-c2ccccc2)c(CN(Cc2ccco2)C[C@H](O)COCc2ccccc2)c1Oc1cccc(F)c1. The van der Waals surface area contributed by atoms with Gasteiger partial charge in [0, 0.05) is 31.8 Å².